The van der Waals surface area contributed by atoms with E-state index in [9.17, 15) is 4.21 Å². The van der Waals surface area contributed by atoms with Gasteiger partial charge in [-0.05, 0) is 69.3 Å². The summed E-state index contributed by atoms with van der Waals surface area (Å²) in [6.07, 6.45) is 1.97. The highest BCUT2D eigenvalue weighted by atomic mass is 79.9. The number of hydrogen-bond acceptors (Lipinski definition) is 2. The van der Waals surface area contributed by atoms with Gasteiger partial charge < -0.3 is 5.32 Å². The van der Waals surface area contributed by atoms with Gasteiger partial charge in [0.25, 0.3) is 0 Å². The van der Waals surface area contributed by atoms with Crippen LogP contribution < -0.4 is 5.32 Å². The van der Waals surface area contributed by atoms with E-state index in [0.29, 0.717) is 6.04 Å². The van der Waals surface area contributed by atoms with Crippen LogP contribution in [-0.2, 0) is 10.8 Å². The number of aryl methyl sites for hydroxylation is 1. The summed E-state index contributed by atoms with van der Waals surface area (Å²) in [5.74, 6) is 1.64. The van der Waals surface area contributed by atoms with Crippen LogP contribution in [0.25, 0.3) is 0 Å². The molecule has 0 spiro atoms. The maximum absolute atomic E-state index is 11.3. The Labute approximate surface area is 121 Å². The first-order valence-electron chi connectivity index (χ1n) is 5.63. The Kier molecular flexibility index (Phi) is 4.66. The van der Waals surface area contributed by atoms with Crippen LogP contribution in [0.3, 0.4) is 0 Å². The first-order valence-corrected chi connectivity index (χ1v) is 8.71. The summed E-state index contributed by atoms with van der Waals surface area (Å²) in [4.78, 5) is 0. The van der Waals surface area contributed by atoms with Gasteiger partial charge in [-0.1, -0.05) is 0 Å². The molecule has 1 saturated heterocycles. The van der Waals surface area contributed by atoms with Crippen molar-refractivity contribution in [3.05, 3.63) is 26.6 Å². The second kappa shape index (κ2) is 5.85. The molecule has 0 aliphatic carbocycles. The average Bonchev–Trinajstić information content (AvgIpc) is 2.26. The van der Waals surface area contributed by atoms with Crippen molar-refractivity contribution in [1.82, 2.24) is 0 Å². The van der Waals surface area contributed by atoms with E-state index in [1.165, 1.54) is 5.56 Å². The second-order valence-corrected chi connectivity index (χ2v) is 7.78. The minimum atomic E-state index is -0.597. The molecule has 0 atom stereocenters. The predicted octanol–water partition coefficient (Wildman–Crippen LogP) is 3.84. The molecular formula is C12H15Br2NOS. The Morgan fingerprint density at radius 3 is 2.29 bits per heavy atom. The number of halogens is 2. The lowest BCUT2D eigenvalue weighted by Crippen LogP contribution is -2.29. The molecular weight excluding hydrogens is 366 g/mol. The molecule has 1 aliphatic rings. The largest absolute Gasteiger partial charge is 0.380 e. The fourth-order valence-electron chi connectivity index (χ4n) is 1.98. The molecule has 5 heteroatoms. The lowest BCUT2D eigenvalue weighted by molar-refractivity contribution is 0.623. The van der Waals surface area contributed by atoms with Gasteiger partial charge in [-0.25, -0.2) is 0 Å². The normalized spacial score (nSPS) is 24.6. The molecule has 1 heterocycles. The summed E-state index contributed by atoms with van der Waals surface area (Å²) in [5, 5.41) is 3.54. The zero-order chi connectivity index (χ0) is 12.4. The Balaban J connectivity index is 2.11. The smallest absolute Gasteiger partial charge is 0.0631 e. The fourth-order valence-corrected chi connectivity index (χ4v) is 4.92. The van der Waals surface area contributed by atoms with Crippen molar-refractivity contribution >= 4 is 48.3 Å². The SMILES string of the molecule is Cc1cc(Br)c(NC2CCS(=O)CC2)c(Br)c1. The van der Waals surface area contributed by atoms with Crippen molar-refractivity contribution in [2.45, 2.75) is 25.8 Å². The van der Waals surface area contributed by atoms with Crippen molar-refractivity contribution in [1.29, 1.82) is 0 Å². The van der Waals surface area contributed by atoms with Crippen LogP contribution in [0.15, 0.2) is 21.1 Å². The van der Waals surface area contributed by atoms with Crippen LogP contribution >= 0.6 is 31.9 Å². The molecule has 2 rings (SSSR count). The van der Waals surface area contributed by atoms with E-state index in [2.05, 4.69) is 56.2 Å². The highest BCUT2D eigenvalue weighted by Crippen LogP contribution is 2.33. The maximum atomic E-state index is 11.3. The number of anilines is 1. The van der Waals surface area contributed by atoms with Gasteiger partial charge in [-0.3, -0.25) is 4.21 Å². The maximum Gasteiger partial charge on any atom is 0.0631 e. The lowest BCUT2D eigenvalue weighted by atomic mass is 10.1. The molecule has 94 valence electrons. The Hall–Kier alpha value is 0.130. The minimum Gasteiger partial charge on any atom is -0.380 e. The van der Waals surface area contributed by atoms with Crippen LogP contribution in [0, 0.1) is 6.92 Å². The number of hydrogen-bond donors (Lipinski definition) is 1. The molecule has 17 heavy (non-hydrogen) atoms. The van der Waals surface area contributed by atoms with Gasteiger partial charge in [0.15, 0.2) is 0 Å². The van der Waals surface area contributed by atoms with Gasteiger partial charge in [0, 0.05) is 37.3 Å². The Morgan fingerprint density at radius 1 is 1.24 bits per heavy atom. The average molecular weight is 381 g/mol. The Morgan fingerprint density at radius 2 is 1.76 bits per heavy atom. The second-order valence-electron chi connectivity index (χ2n) is 4.37. The minimum absolute atomic E-state index is 0.433. The molecule has 0 bridgehead atoms. The third-order valence-electron chi connectivity index (χ3n) is 2.92. The van der Waals surface area contributed by atoms with Crippen LogP contribution in [0.2, 0.25) is 0 Å². The number of rotatable bonds is 2. The van der Waals surface area contributed by atoms with Crippen LogP contribution in [0.5, 0.6) is 0 Å². The van der Waals surface area contributed by atoms with Gasteiger partial charge in [0.05, 0.1) is 5.69 Å². The molecule has 1 N–H and O–H groups in total. The zero-order valence-electron chi connectivity index (χ0n) is 9.63. The molecule has 1 aromatic rings. The molecule has 0 aromatic heterocycles. The van der Waals surface area contributed by atoms with E-state index < -0.39 is 10.8 Å². The van der Waals surface area contributed by atoms with E-state index in [0.717, 1.165) is 39.0 Å². The molecule has 0 amide bonds. The molecule has 0 saturated carbocycles. The van der Waals surface area contributed by atoms with Crippen molar-refractivity contribution in [2.24, 2.45) is 0 Å². The quantitative estimate of drug-likeness (QED) is 0.844. The van der Waals surface area contributed by atoms with Gasteiger partial charge in [0.2, 0.25) is 0 Å². The summed E-state index contributed by atoms with van der Waals surface area (Å²) >= 11 is 7.17. The first-order chi connectivity index (χ1) is 8.06. The molecule has 0 unspecified atom stereocenters. The van der Waals surface area contributed by atoms with E-state index in [1.807, 2.05) is 0 Å². The van der Waals surface area contributed by atoms with Crippen molar-refractivity contribution in [2.75, 3.05) is 16.8 Å². The topological polar surface area (TPSA) is 29.1 Å². The van der Waals surface area contributed by atoms with Crippen molar-refractivity contribution in [3.63, 3.8) is 0 Å². The fraction of sp³-hybridized carbons (Fsp3) is 0.500. The predicted molar refractivity (Wildman–Crippen MR) is 81.1 cm³/mol. The van der Waals surface area contributed by atoms with E-state index in [1.54, 1.807) is 0 Å². The molecule has 1 aliphatic heterocycles. The third-order valence-corrected chi connectivity index (χ3v) is 5.56. The van der Waals surface area contributed by atoms with Gasteiger partial charge >= 0.3 is 0 Å². The summed E-state index contributed by atoms with van der Waals surface area (Å²) in [7, 11) is -0.597. The van der Waals surface area contributed by atoms with Crippen molar-refractivity contribution < 1.29 is 4.21 Å². The van der Waals surface area contributed by atoms with E-state index in [-0.39, 0.29) is 0 Å². The summed E-state index contributed by atoms with van der Waals surface area (Å²) in [6, 6.07) is 4.64. The molecule has 1 fully saturated rings. The number of nitrogens with one attached hydrogen (secondary N) is 1. The number of benzene rings is 1. The van der Waals surface area contributed by atoms with Crippen LogP contribution in [0.1, 0.15) is 18.4 Å². The van der Waals surface area contributed by atoms with Crippen molar-refractivity contribution in [3.8, 4) is 0 Å². The van der Waals surface area contributed by atoms with E-state index in [4.69, 9.17) is 0 Å². The summed E-state index contributed by atoms with van der Waals surface area (Å²) < 4.78 is 13.5. The highest BCUT2D eigenvalue weighted by Gasteiger charge is 2.19. The standard InChI is InChI=1S/C12H15Br2NOS/c1-8-6-10(13)12(11(14)7-8)15-9-2-4-17(16)5-3-9/h6-7,9,15H,2-5H2,1H3. The zero-order valence-corrected chi connectivity index (χ0v) is 13.6. The highest BCUT2D eigenvalue weighted by molar-refractivity contribution is 9.11. The molecule has 1 aromatic carbocycles. The van der Waals surface area contributed by atoms with Gasteiger partial charge in [-0.15, -0.1) is 0 Å². The lowest BCUT2D eigenvalue weighted by Gasteiger charge is -2.25. The Bertz CT molecular complexity index is 417. The van der Waals surface area contributed by atoms with Gasteiger partial charge in [-0.2, -0.15) is 0 Å². The third kappa shape index (κ3) is 3.55. The van der Waals surface area contributed by atoms with E-state index >= 15 is 0 Å². The van der Waals surface area contributed by atoms with Crippen LogP contribution in [0.4, 0.5) is 5.69 Å². The van der Waals surface area contributed by atoms with Crippen LogP contribution in [-0.4, -0.2) is 21.8 Å². The summed E-state index contributed by atoms with van der Waals surface area (Å²) in [5.41, 5.74) is 2.33. The summed E-state index contributed by atoms with van der Waals surface area (Å²) in [6.45, 7) is 2.07. The monoisotopic (exact) mass is 379 g/mol. The van der Waals surface area contributed by atoms with Gasteiger partial charge in [0.1, 0.15) is 0 Å². The molecule has 0 radical (unpaired) electrons. The first kappa shape index (κ1) is 13.6. The molecule has 2 nitrogen and oxygen atoms in total.